The normalized spacial score (nSPS) is 13.8. The van der Waals surface area contributed by atoms with Gasteiger partial charge in [0.1, 0.15) is 6.54 Å². The van der Waals surface area contributed by atoms with E-state index >= 15 is 0 Å². The van der Waals surface area contributed by atoms with Crippen molar-refractivity contribution in [2.45, 2.75) is 38.8 Å². The predicted octanol–water partition coefficient (Wildman–Crippen LogP) is 3.72. The van der Waals surface area contributed by atoms with Gasteiger partial charge in [-0.05, 0) is 30.5 Å². The van der Waals surface area contributed by atoms with Crippen LogP contribution in [0, 0.1) is 5.92 Å². The zero-order chi connectivity index (χ0) is 22.8. The van der Waals surface area contributed by atoms with Gasteiger partial charge in [0.05, 0.1) is 13.2 Å². The number of hydrogen-bond donors (Lipinski definition) is 0. The average molecular weight is 438 g/mol. The third kappa shape index (κ3) is 6.57. The maximum atomic E-state index is 13.3. The number of benzene rings is 1. The van der Waals surface area contributed by atoms with E-state index in [2.05, 4.69) is 23.3 Å². The number of methoxy groups -OCH3 is 1. The van der Waals surface area contributed by atoms with Crippen molar-refractivity contribution in [1.29, 1.82) is 0 Å². The van der Waals surface area contributed by atoms with E-state index in [9.17, 15) is 9.59 Å². The van der Waals surface area contributed by atoms with Crippen molar-refractivity contribution in [2.24, 2.45) is 5.92 Å². The third-order valence-corrected chi connectivity index (χ3v) is 6.08. The van der Waals surface area contributed by atoms with E-state index in [0.717, 1.165) is 37.9 Å². The Hall–Kier alpha value is -2.86. The molecule has 6 nitrogen and oxygen atoms in total. The summed E-state index contributed by atoms with van der Waals surface area (Å²) in [5, 5.41) is 0. The van der Waals surface area contributed by atoms with Crippen LogP contribution in [-0.4, -0.2) is 59.5 Å². The van der Waals surface area contributed by atoms with Gasteiger partial charge in [0.25, 0.3) is 0 Å². The van der Waals surface area contributed by atoms with E-state index in [1.54, 1.807) is 23.0 Å². The Morgan fingerprint density at radius 3 is 2.56 bits per heavy atom. The average Bonchev–Trinajstić information content (AvgIpc) is 3.49. The molecule has 0 radical (unpaired) electrons. The van der Waals surface area contributed by atoms with Crippen molar-refractivity contribution in [1.82, 2.24) is 14.4 Å². The number of amides is 2. The smallest absolute Gasteiger partial charge is 0.242 e. The molecule has 2 aromatic rings. The van der Waals surface area contributed by atoms with Crippen LogP contribution in [-0.2, 0) is 27.4 Å². The molecule has 0 saturated heterocycles. The highest BCUT2D eigenvalue weighted by atomic mass is 16.5. The number of nitrogens with zero attached hydrogens (tertiary/aromatic N) is 3. The molecule has 0 atom stereocenters. The Kier molecular flexibility index (Phi) is 9.11. The molecular weight excluding hydrogens is 402 g/mol. The first-order valence-electron chi connectivity index (χ1n) is 11.5. The van der Waals surface area contributed by atoms with Crippen molar-refractivity contribution < 1.29 is 14.3 Å². The second-order valence-electron chi connectivity index (χ2n) is 8.41. The highest BCUT2D eigenvalue weighted by Gasteiger charge is 2.29. The summed E-state index contributed by atoms with van der Waals surface area (Å²) in [5.74, 6) is 0.0517. The first kappa shape index (κ1) is 23.8. The SMILES string of the molecule is C=CCN(CC(=O)N(CCOC)Cc1cccn1Cc1ccccc1)C(=O)C1CCCC1. The van der Waals surface area contributed by atoms with Crippen LogP contribution < -0.4 is 0 Å². The van der Waals surface area contributed by atoms with Gasteiger partial charge in [0, 0.05) is 44.6 Å². The minimum atomic E-state index is -0.0669. The zero-order valence-electron chi connectivity index (χ0n) is 19.1. The minimum absolute atomic E-state index is 0.0401. The first-order chi connectivity index (χ1) is 15.6. The molecule has 3 rings (SSSR count). The Bertz CT molecular complexity index is 871. The predicted molar refractivity (Wildman–Crippen MR) is 126 cm³/mol. The second kappa shape index (κ2) is 12.2. The molecule has 0 bridgehead atoms. The molecule has 1 fully saturated rings. The zero-order valence-corrected chi connectivity index (χ0v) is 19.1. The molecule has 1 aromatic heterocycles. The van der Waals surface area contributed by atoms with E-state index in [-0.39, 0.29) is 24.3 Å². The van der Waals surface area contributed by atoms with Gasteiger partial charge < -0.3 is 19.1 Å². The molecule has 1 aromatic carbocycles. The summed E-state index contributed by atoms with van der Waals surface area (Å²) >= 11 is 0. The molecule has 0 N–H and O–H groups in total. The van der Waals surface area contributed by atoms with Gasteiger partial charge in [-0.15, -0.1) is 6.58 Å². The summed E-state index contributed by atoms with van der Waals surface area (Å²) in [5.41, 5.74) is 2.26. The standard InChI is InChI=1S/C26H35N3O3/c1-3-15-29(26(31)23-12-7-8-13-23)21-25(30)28(17-18-32-2)20-24-14-9-16-27(24)19-22-10-5-4-6-11-22/h3-6,9-11,14,16,23H,1,7-8,12-13,15,17-21H2,2H3. The van der Waals surface area contributed by atoms with E-state index in [0.29, 0.717) is 26.2 Å². The van der Waals surface area contributed by atoms with Crippen LogP contribution in [0.4, 0.5) is 0 Å². The van der Waals surface area contributed by atoms with Gasteiger partial charge >= 0.3 is 0 Å². The van der Waals surface area contributed by atoms with Crippen molar-refractivity contribution in [3.8, 4) is 0 Å². The van der Waals surface area contributed by atoms with E-state index < -0.39 is 0 Å². The fraction of sp³-hybridized carbons (Fsp3) is 0.462. The topological polar surface area (TPSA) is 54.8 Å². The van der Waals surface area contributed by atoms with Crippen LogP contribution >= 0.6 is 0 Å². The molecule has 0 spiro atoms. The van der Waals surface area contributed by atoms with Crippen molar-refractivity contribution >= 4 is 11.8 Å². The van der Waals surface area contributed by atoms with Crippen LogP contribution in [0.5, 0.6) is 0 Å². The van der Waals surface area contributed by atoms with Crippen molar-refractivity contribution in [3.63, 3.8) is 0 Å². The number of hydrogen-bond acceptors (Lipinski definition) is 3. The van der Waals surface area contributed by atoms with Crippen molar-refractivity contribution in [3.05, 3.63) is 72.6 Å². The summed E-state index contributed by atoms with van der Waals surface area (Å²) in [4.78, 5) is 29.7. The Labute approximate surface area is 191 Å². The lowest BCUT2D eigenvalue weighted by molar-refractivity contribution is -0.143. The molecule has 2 amide bonds. The van der Waals surface area contributed by atoms with Crippen molar-refractivity contribution in [2.75, 3.05) is 33.4 Å². The largest absolute Gasteiger partial charge is 0.383 e. The highest BCUT2D eigenvalue weighted by Crippen LogP contribution is 2.26. The summed E-state index contributed by atoms with van der Waals surface area (Å²) < 4.78 is 7.41. The van der Waals surface area contributed by atoms with Gasteiger partial charge in [-0.3, -0.25) is 9.59 Å². The summed E-state index contributed by atoms with van der Waals surface area (Å²) in [7, 11) is 1.63. The lowest BCUT2D eigenvalue weighted by Crippen LogP contribution is -2.45. The van der Waals surface area contributed by atoms with Crippen LogP contribution in [0.15, 0.2) is 61.3 Å². The summed E-state index contributed by atoms with van der Waals surface area (Å²) in [6.07, 6.45) is 7.75. The monoisotopic (exact) mass is 437 g/mol. The molecule has 1 aliphatic carbocycles. The number of carbonyl (C=O) groups excluding carboxylic acids is 2. The maximum absolute atomic E-state index is 13.3. The van der Waals surface area contributed by atoms with Crippen LogP contribution in [0.25, 0.3) is 0 Å². The summed E-state index contributed by atoms with van der Waals surface area (Å²) in [6, 6.07) is 14.3. The van der Waals surface area contributed by atoms with Crippen LogP contribution in [0.3, 0.4) is 0 Å². The molecule has 32 heavy (non-hydrogen) atoms. The first-order valence-corrected chi connectivity index (χ1v) is 11.5. The fourth-order valence-corrected chi connectivity index (χ4v) is 4.30. The van der Waals surface area contributed by atoms with Gasteiger partial charge in [0.15, 0.2) is 0 Å². The highest BCUT2D eigenvalue weighted by molar-refractivity contribution is 5.86. The Morgan fingerprint density at radius 1 is 1.12 bits per heavy atom. The quantitative estimate of drug-likeness (QED) is 0.476. The van der Waals surface area contributed by atoms with E-state index in [4.69, 9.17) is 4.74 Å². The molecule has 0 unspecified atom stereocenters. The Morgan fingerprint density at radius 2 is 1.88 bits per heavy atom. The van der Waals surface area contributed by atoms with Crippen LogP contribution in [0.2, 0.25) is 0 Å². The maximum Gasteiger partial charge on any atom is 0.242 e. The third-order valence-electron chi connectivity index (χ3n) is 6.08. The van der Waals surface area contributed by atoms with E-state index in [1.807, 2.05) is 36.5 Å². The van der Waals surface area contributed by atoms with Gasteiger partial charge in [-0.2, -0.15) is 0 Å². The van der Waals surface area contributed by atoms with Gasteiger partial charge in [-0.25, -0.2) is 0 Å². The molecule has 1 aliphatic rings. The number of rotatable bonds is 12. The van der Waals surface area contributed by atoms with Gasteiger partial charge in [0.2, 0.25) is 11.8 Å². The molecule has 6 heteroatoms. The minimum Gasteiger partial charge on any atom is -0.383 e. The number of carbonyl (C=O) groups is 2. The molecule has 1 saturated carbocycles. The molecule has 1 heterocycles. The molecule has 172 valence electrons. The lowest BCUT2D eigenvalue weighted by Gasteiger charge is -2.29. The fourth-order valence-electron chi connectivity index (χ4n) is 4.30. The second-order valence-corrected chi connectivity index (χ2v) is 8.41. The molecular formula is C26H35N3O3. The number of ether oxygens (including phenoxy) is 1. The summed E-state index contributed by atoms with van der Waals surface area (Å²) in [6.45, 7) is 6.39. The number of aromatic nitrogens is 1. The van der Waals surface area contributed by atoms with E-state index in [1.165, 1.54) is 5.56 Å². The Balaban J connectivity index is 1.70. The van der Waals surface area contributed by atoms with Crippen LogP contribution in [0.1, 0.15) is 36.9 Å². The van der Waals surface area contributed by atoms with Gasteiger partial charge in [-0.1, -0.05) is 49.2 Å². The molecule has 0 aliphatic heterocycles. The lowest BCUT2D eigenvalue weighted by atomic mass is 10.1.